The van der Waals surface area contributed by atoms with Crippen molar-refractivity contribution in [2.24, 2.45) is 0 Å². The highest BCUT2D eigenvalue weighted by molar-refractivity contribution is 7.99. The van der Waals surface area contributed by atoms with Gasteiger partial charge in [-0.3, -0.25) is 0 Å². The molecule has 1 N–H and O–H groups in total. The Kier molecular flexibility index (Phi) is 7.56. The molecule has 0 saturated heterocycles. The molecular formula is C14H22ClNOS. The predicted octanol–water partition coefficient (Wildman–Crippen LogP) is 4.14. The van der Waals surface area contributed by atoms with Crippen molar-refractivity contribution in [3.05, 3.63) is 28.8 Å². The second-order valence-corrected chi connectivity index (χ2v) is 5.66. The first kappa shape index (κ1) is 15.7. The first-order chi connectivity index (χ1) is 8.72. The zero-order chi connectivity index (χ0) is 13.4. The van der Waals surface area contributed by atoms with Crippen molar-refractivity contribution in [3.63, 3.8) is 0 Å². The van der Waals surface area contributed by atoms with Gasteiger partial charge in [0.2, 0.25) is 0 Å². The van der Waals surface area contributed by atoms with Crippen LogP contribution in [0.4, 0.5) is 0 Å². The molecule has 1 aromatic rings. The molecule has 0 radical (unpaired) electrons. The average Bonchev–Trinajstić information content (AvgIpc) is 2.38. The molecule has 0 aromatic heterocycles. The highest BCUT2D eigenvalue weighted by Crippen LogP contribution is 2.30. The third-order valence-electron chi connectivity index (χ3n) is 2.65. The molecule has 0 amide bonds. The molecule has 0 aliphatic carbocycles. The number of methoxy groups -OCH3 is 1. The molecule has 1 rings (SSSR count). The van der Waals surface area contributed by atoms with Crippen LogP contribution in [0.2, 0.25) is 5.02 Å². The van der Waals surface area contributed by atoms with Gasteiger partial charge in [-0.2, -0.15) is 11.8 Å². The average molecular weight is 288 g/mol. The number of ether oxygens (including phenoxy) is 1. The fourth-order valence-electron chi connectivity index (χ4n) is 1.83. The van der Waals surface area contributed by atoms with Gasteiger partial charge in [-0.25, -0.2) is 0 Å². The summed E-state index contributed by atoms with van der Waals surface area (Å²) < 4.78 is 5.43. The van der Waals surface area contributed by atoms with Gasteiger partial charge in [0, 0.05) is 22.4 Å². The van der Waals surface area contributed by atoms with Gasteiger partial charge in [-0.1, -0.05) is 25.4 Å². The molecule has 102 valence electrons. The summed E-state index contributed by atoms with van der Waals surface area (Å²) in [5.74, 6) is 3.13. The smallest absolute Gasteiger partial charge is 0.123 e. The Morgan fingerprint density at radius 1 is 1.39 bits per heavy atom. The van der Waals surface area contributed by atoms with Crippen LogP contribution in [-0.2, 0) is 0 Å². The Balaban J connectivity index is 2.85. The normalized spacial score (nSPS) is 12.4. The summed E-state index contributed by atoms with van der Waals surface area (Å²) in [5, 5.41) is 4.26. The Hall–Kier alpha value is -0.380. The van der Waals surface area contributed by atoms with Crippen LogP contribution in [0.25, 0.3) is 0 Å². The molecule has 1 unspecified atom stereocenters. The molecule has 1 aromatic carbocycles. The lowest BCUT2D eigenvalue weighted by Crippen LogP contribution is -2.23. The number of thioether (sulfide) groups is 1. The van der Waals surface area contributed by atoms with Gasteiger partial charge in [0.05, 0.1) is 7.11 Å². The summed E-state index contributed by atoms with van der Waals surface area (Å²) in [6, 6.07) is 6.10. The van der Waals surface area contributed by atoms with Crippen LogP contribution in [0.15, 0.2) is 18.2 Å². The summed E-state index contributed by atoms with van der Waals surface area (Å²) in [4.78, 5) is 0. The highest BCUT2D eigenvalue weighted by atomic mass is 35.5. The summed E-state index contributed by atoms with van der Waals surface area (Å²) >= 11 is 8.05. The zero-order valence-electron chi connectivity index (χ0n) is 11.3. The van der Waals surface area contributed by atoms with E-state index in [0.29, 0.717) is 6.04 Å². The van der Waals surface area contributed by atoms with E-state index in [2.05, 4.69) is 19.2 Å². The van der Waals surface area contributed by atoms with E-state index in [4.69, 9.17) is 16.3 Å². The third-order valence-corrected chi connectivity index (χ3v) is 4.15. The standard InChI is InChI=1S/C14H22ClNOS/c1-4-8-18-10-13(16-5-2)12-9-11(15)6-7-14(12)17-3/h6-7,9,13,16H,4-5,8,10H2,1-3H3. The number of hydrogen-bond donors (Lipinski definition) is 1. The molecule has 4 heteroatoms. The van der Waals surface area contributed by atoms with Crippen molar-refractivity contribution in [2.45, 2.75) is 26.3 Å². The van der Waals surface area contributed by atoms with E-state index in [1.54, 1.807) is 7.11 Å². The first-order valence-electron chi connectivity index (χ1n) is 6.37. The fraction of sp³-hybridized carbons (Fsp3) is 0.571. The molecule has 0 aliphatic heterocycles. The van der Waals surface area contributed by atoms with Crippen molar-refractivity contribution in [3.8, 4) is 5.75 Å². The van der Waals surface area contributed by atoms with Crippen molar-refractivity contribution >= 4 is 23.4 Å². The molecule has 0 fully saturated rings. The van der Waals surface area contributed by atoms with Crippen LogP contribution in [0, 0.1) is 0 Å². The SMILES string of the molecule is CCCSCC(NCC)c1cc(Cl)ccc1OC. The number of halogens is 1. The number of nitrogens with one attached hydrogen (secondary N) is 1. The number of hydrogen-bond acceptors (Lipinski definition) is 3. The Morgan fingerprint density at radius 3 is 2.78 bits per heavy atom. The number of benzene rings is 1. The maximum atomic E-state index is 6.09. The lowest BCUT2D eigenvalue weighted by atomic mass is 10.1. The fourth-order valence-corrected chi connectivity index (χ4v) is 3.00. The second-order valence-electron chi connectivity index (χ2n) is 4.07. The molecular weight excluding hydrogens is 266 g/mol. The molecule has 0 bridgehead atoms. The monoisotopic (exact) mass is 287 g/mol. The topological polar surface area (TPSA) is 21.3 Å². The van der Waals surface area contributed by atoms with Crippen LogP contribution >= 0.6 is 23.4 Å². The lowest BCUT2D eigenvalue weighted by molar-refractivity contribution is 0.403. The summed E-state index contributed by atoms with van der Waals surface area (Å²) in [6.07, 6.45) is 1.20. The summed E-state index contributed by atoms with van der Waals surface area (Å²) in [6.45, 7) is 5.26. The molecule has 1 atom stereocenters. The third kappa shape index (κ3) is 4.71. The van der Waals surface area contributed by atoms with Crippen LogP contribution in [0.3, 0.4) is 0 Å². The maximum Gasteiger partial charge on any atom is 0.123 e. The minimum atomic E-state index is 0.292. The van der Waals surface area contributed by atoms with Crippen molar-refractivity contribution < 1.29 is 4.74 Å². The minimum absolute atomic E-state index is 0.292. The molecule has 0 heterocycles. The van der Waals surface area contributed by atoms with Gasteiger partial charge in [0.25, 0.3) is 0 Å². The van der Waals surface area contributed by atoms with Crippen LogP contribution in [0.1, 0.15) is 31.9 Å². The molecule has 0 aliphatic rings. The van der Waals surface area contributed by atoms with Crippen molar-refractivity contribution in [1.82, 2.24) is 5.32 Å². The molecule has 0 spiro atoms. The molecule has 0 saturated carbocycles. The van der Waals surface area contributed by atoms with E-state index in [1.165, 1.54) is 12.2 Å². The minimum Gasteiger partial charge on any atom is -0.496 e. The predicted molar refractivity (Wildman–Crippen MR) is 82.0 cm³/mol. The van der Waals surface area contributed by atoms with Crippen LogP contribution in [-0.4, -0.2) is 25.2 Å². The molecule has 2 nitrogen and oxygen atoms in total. The van der Waals surface area contributed by atoms with E-state index in [-0.39, 0.29) is 0 Å². The first-order valence-corrected chi connectivity index (χ1v) is 7.90. The van der Waals surface area contributed by atoms with Gasteiger partial charge < -0.3 is 10.1 Å². The van der Waals surface area contributed by atoms with Crippen LogP contribution < -0.4 is 10.1 Å². The van der Waals surface area contributed by atoms with Gasteiger partial charge in [0.1, 0.15) is 5.75 Å². The van der Waals surface area contributed by atoms with Gasteiger partial charge in [-0.15, -0.1) is 0 Å². The van der Waals surface area contributed by atoms with Crippen molar-refractivity contribution in [1.29, 1.82) is 0 Å². The van der Waals surface area contributed by atoms with Gasteiger partial charge >= 0.3 is 0 Å². The second kappa shape index (κ2) is 8.68. The summed E-state index contributed by atoms with van der Waals surface area (Å²) in [7, 11) is 1.70. The van der Waals surface area contributed by atoms with Gasteiger partial charge in [0.15, 0.2) is 0 Å². The molecule has 18 heavy (non-hydrogen) atoms. The summed E-state index contributed by atoms with van der Waals surface area (Å²) in [5.41, 5.74) is 1.15. The quantitative estimate of drug-likeness (QED) is 0.726. The van der Waals surface area contributed by atoms with Crippen molar-refractivity contribution in [2.75, 3.05) is 25.2 Å². The van der Waals surface area contributed by atoms with E-state index in [0.717, 1.165) is 28.6 Å². The van der Waals surface area contributed by atoms with E-state index in [9.17, 15) is 0 Å². The zero-order valence-corrected chi connectivity index (χ0v) is 12.9. The maximum absolute atomic E-state index is 6.09. The van der Waals surface area contributed by atoms with E-state index < -0.39 is 0 Å². The lowest BCUT2D eigenvalue weighted by Gasteiger charge is -2.20. The Labute approximate surface area is 119 Å². The largest absolute Gasteiger partial charge is 0.496 e. The number of rotatable bonds is 8. The Bertz CT molecular complexity index is 360. The van der Waals surface area contributed by atoms with E-state index >= 15 is 0 Å². The van der Waals surface area contributed by atoms with Crippen LogP contribution in [0.5, 0.6) is 5.75 Å². The highest BCUT2D eigenvalue weighted by Gasteiger charge is 2.15. The Morgan fingerprint density at radius 2 is 2.17 bits per heavy atom. The van der Waals surface area contributed by atoms with E-state index in [1.807, 2.05) is 30.0 Å². The van der Waals surface area contributed by atoms with Gasteiger partial charge in [-0.05, 0) is 36.9 Å².